The van der Waals surface area contributed by atoms with Gasteiger partial charge in [-0.15, -0.1) is 0 Å². The summed E-state index contributed by atoms with van der Waals surface area (Å²) in [4.78, 5) is 25.4. The normalized spacial score (nSPS) is 28.4. The van der Waals surface area contributed by atoms with Gasteiger partial charge in [-0.05, 0) is 75.3 Å². The third kappa shape index (κ3) is 3.05. The topological polar surface area (TPSA) is 174 Å². The van der Waals surface area contributed by atoms with Gasteiger partial charge in [-0.1, -0.05) is 0 Å². The molecule has 0 spiro atoms. The number of ketones is 2. The standard InChI is InChI=1S/C30H26O10/c1-11-9-15-21(27(37)23-13(31)5-7-17(33)29(23,3)39-15)25(35)19(11)20-12(2)10-16-22(26(20)36)28(38)24-14(32)6-8-18(34)30(24,4)40-16/h5-10,17-18,33-38H,1-4H3/t17-,18-,29-,30-/m0/s1. The second kappa shape index (κ2) is 8.00. The second-order valence-electron chi connectivity index (χ2n) is 10.8. The minimum atomic E-state index is -1.60. The first-order chi connectivity index (χ1) is 18.7. The van der Waals surface area contributed by atoms with Gasteiger partial charge in [0.2, 0.25) is 0 Å². The van der Waals surface area contributed by atoms with E-state index in [1.54, 1.807) is 13.8 Å². The number of fused-ring (bicyclic) bond motifs is 4. The molecule has 4 aliphatic rings. The van der Waals surface area contributed by atoms with Crippen LogP contribution < -0.4 is 9.47 Å². The number of carbonyl (C=O) groups is 2. The highest BCUT2D eigenvalue weighted by molar-refractivity contribution is 6.14. The maximum absolute atomic E-state index is 12.7. The van der Waals surface area contributed by atoms with E-state index >= 15 is 0 Å². The Hall–Kier alpha value is -4.54. The van der Waals surface area contributed by atoms with Crippen LogP contribution in [0.5, 0.6) is 23.0 Å². The molecule has 4 atom stereocenters. The number of aliphatic hydroxyl groups is 4. The molecule has 0 saturated carbocycles. The zero-order chi connectivity index (χ0) is 29.0. The van der Waals surface area contributed by atoms with Gasteiger partial charge in [0.25, 0.3) is 0 Å². The number of ether oxygens (including phenoxy) is 2. The minimum Gasteiger partial charge on any atom is -0.506 e. The van der Waals surface area contributed by atoms with E-state index in [0.29, 0.717) is 11.1 Å². The van der Waals surface area contributed by atoms with Crippen molar-refractivity contribution in [2.75, 3.05) is 0 Å². The highest BCUT2D eigenvalue weighted by Crippen LogP contribution is 2.56. The van der Waals surface area contributed by atoms with Crippen molar-refractivity contribution in [1.82, 2.24) is 0 Å². The molecule has 0 saturated heterocycles. The monoisotopic (exact) mass is 546 g/mol. The molecule has 10 nitrogen and oxygen atoms in total. The summed E-state index contributed by atoms with van der Waals surface area (Å²) >= 11 is 0. The number of hydrogen-bond donors (Lipinski definition) is 6. The fraction of sp³-hybridized carbons (Fsp3) is 0.267. The van der Waals surface area contributed by atoms with Crippen LogP contribution in [-0.4, -0.2) is 65.6 Å². The van der Waals surface area contributed by atoms with Crippen molar-refractivity contribution in [3.63, 3.8) is 0 Å². The molecule has 206 valence electrons. The molecule has 0 fully saturated rings. The Balaban J connectivity index is 1.61. The Morgan fingerprint density at radius 3 is 1.35 bits per heavy atom. The third-order valence-corrected chi connectivity index (χ3v) is 8.24. The number of benzene rings is 2. The fourth-order valence-corrected chi connectivity index (χ4v) is 6.10. The van der Waals surface area contributed by atoms with Crippen LogP contribution in [0.1, 0.15) is 36.1 Å². The van der Waals surface area contributed by atoms with Crippen LogP contribution in [0.15, 0.2) is 47.6 Å². The molecular weight excluding hydrogens is 520 g/mol. The summed E-state index contributed by atoms with van der Waals surface area (Å²) < 4.78 is 12.0. The Bertz CT molecular complexity index is 1580. The molecule has 6 rings (SSSR count). The van der Waals surface area contributed by atoms with Gasteiger partial charge in [0.05, 0.1) is 11.1 Å². The average Bonchev–Trinajstić information content (AvgIpc) is 2.85. The van der Waals surface area contributed by atoms with Gasteiger partial charge in [0.15, 0.2) is 22.8 Å². The van der Waals surface area contributed by atoms with Crippen LogP contribution in [-0.2, 0) is 9.59 Å². The summed E-state index contributed by atoms with van der Waals surface area (Å²) in [6, 6.07) is 2.99. The Kier molecular flexibility index (Phi) is 5.14. The van der Waals surface area contributed by atoms with E-state index in [1.165, 1.54) is 38.1 Å². The van der Waals surface area contributed by atoms with Crippen molar-refractivity contribution in [1.29, 1.82) is 0 Å². The lowest BCUT2D eigenvalue weighted by atomic mass is 9.77. The lowest BCUT2D eigenvalue weighted by molar-refractivity contribution is -0.116. The van der Waals surface area contributed by atoms with Gasteiger partial charge in [0, 0.05) is 11.1 Å². The maximum Gasteiger partial charge on any atom is 0.189 e. The highest BCUT2D eigenvalue weighted by atomic mass is 16.5. The van der Waals surface area contributed by atoms with E-state index in [0.717, 1.165) is 12.2 Å². The van der Waals surface area contributed by atoms with Crippen molar-refractivity contribution < 1.29 is 49.7 Å². The van der Waals surface area contributed by atoms with Crippen LogP contribution >= 0.6 is 0 Å². The first kappa shape index (κ1) is 25.7. The van der Waals surface area contributed by atoms with Gasteiger partial charge < -0.3 is 40.1 Å². The number of phenols is 2. The van der Waals surface area contributed by atoms with Gasteiger partial charge >= 0.3 is 0 Å². The van der Waals surface area contributed by atoms with Gasteiger partial charge in [-0.3, -0.25) is 9.59 Å². The summed E-state index contributed by atoms with van der Waals surface area (Å²) in [6.07, 6.45) is 2.25. The smallest absolute Gasteiger partial charge is 0.189 e. The van der Waals surface area contributed by atoms with Crippen LogP contribution in [0, 0.1) is 13.8 Å². The van der Waals surface area contributed by atoms with Gasteiger partial charge in [-0.2, -0.15) is 0 Å². The fourth-order valence-electron chi connectivity index (χ4n) is 6.10. The average molecular weight is 547 g/mol. The van der Waals surface area contributed by atoms with Crippen molar-refractivity contribution in [2.45, 2.75) is 51.1 Å². The molecule has 2 aromatic carbocycles. The minimum absolute atomic E-state index is 0.0115. The number of aliphatic hydroxyl groups excluding tert-OH is 4. The maximum atomic E-state index is 12.7. The van der Waals surface area contributed by atoms with E-state index < -0.39 is 58.0 Å². The molecule has 6 N–H and O–H groups in total. The lowest BCUT2D eigenvalue weighted by Gasteiger charge is -2.41. The van der Waals surface area contributed by atoms with E-state index in [9.17, 15) is 40.2 Å². The molecular formula is C30H26O10. The van der Waals surface area contributed by atoms with Crippen molar-refractivity contribution in [3.05, 3.63) is 69.8 Å². The molecule has 40 heavy (non-hydrogen) atoms. The largest absolute Gasteiger partial charge is 0.506 e. The predicted octanol–water partition coefficient (Wildman–Crippen LogP) is 3.22. The van der Waals surface area contributed by atoms with Crippen LogP contribution in [0.2, 0.25) is 0 Å². The molecule has 2 aliphatic carbocycles. The molecule has 0 amide bonds. The molecule has 2 aromatic rings. The Morgan fingerprint density at radius 1 is 0.650 bits per heavy atom. The highest BCUT2D eigenvalue weighted by Gasteiger charge is 2.51. The number of allylic oxidation sites excluding steroid dienone is 2. The van der Waals surface area contributed by atoms with E-state index in [2.05, 4.69) is 0 Å². The lowest BCUT2D eigenvalue weighted by Crippen LogP contribution is -2.51. The first-order valence-electron chi connectivity index (χ1n) is 12.5. The van der Waals surface area contributed by atoms with E-state index in [-0.39, 0.29) is 44.9 Å². The quantitative estimate of drug-likeness (QED) is 0.312. The SMILES string of the molecule is Cc1cc2c(c(O)c1-c1c(C)cc3c(c1O)C(O)=C1C(=O)C=C[C@H](O)[C@]1(C)O3)C(O)=C1C(=O)C=C[C@H](O)[C@]1(C)O2. The van der Waals surface area contributed by atoms with Crippen molar-refractivity contribution in [3.8, 4) is 34.1 Å². The first-order valence-corrected chi connectivity index (χ1v) is 12.5. The molecule has 2 heterocycles. The summed E-state index contributed by atoms with van der Waals surface area (Å²) in [6.45, 7) is 6.15. The van der Waals surface area contributed by atoms with Crippen LogP contribution in [0.4, 0.5) is 0 Å². The summed E-state index contributed by atoms with van der Waals surface area (Å²) in [5.74, 6) is -3.37. The second-order valence-corrected chi connectivity index (χ2v) is 10.8. The number of aryl methyl sites for hydroxylation is 2. The molecule has 0 bridgehead atoms. The Labute approximate surface area is 228 Å². The Morgan fingerprint density at radius 2 is 1.00 bits per heavy atom. The number of carbonyl (C=O) groups excluding carboxylic acids is 2. The zero-order valence-corrected chi connectivity index (χ0v) is 21.9. The number of aromatic hydroxyl groups is 2. The predicted molar refractivity (Wildman–Crippen MR) is 142 cm³/mol. The van der Waals surface area contributed by atoms with Crippen LogP contribution in [0.3, 0.4) is 0 Å². The molecule has 0 unspecified atom stereocenters. The van der Waals surface area contributed by atoms with E-state index in [1.807, 2.05) is 0 Å². The summed E-state index contributed by atoms with van der Waals surface area (Å²) in [5, 5.41) is 66.6. The molecule has 2 aliphatic heterocycles. The third-order valence-electron chi connectivity index (χ3n) is 8.24. The molecule has 0 aromatic heterocycles. The molecule has 0 radical (unpaired) electrons. The van der Waals surface area contributed by atoms with Crippen LogP contribution in [0.25, 0.3) is 22.6 Å². The number of rotatable bonds is 1. The summed E-state index contributed by atoms with van der Waals surface area (Å²) in [5.41, 5.74) is -3.16. The van der Waals surface area contributed by atoms with E-state index in [4.69, 9.17) is 9.47 Å². The number of hydrogen-bond acceptors (Lipinski definition) is 10. The summed E-state index contributed by atoms with van der Waals surface area (Å²) in [7, 11) is 0. The number of phenolic OH excluding ortho intramolecular Hbond substituents is 2. The zero-order valence-electron chi connectivity index (χ0n) is 21.9. The van der Waals surface area contributed by atoms with Gasteiger partial charge in [0.1, 0.15) is 57.9 Å². The molecule has 10 heteroatoms. The van der Waals surface area contributed by atoms with Gasteiger partial charge in [-0.25, -0.2) is 0 Å². The van der Waals surface area contributed by atoms with Crippen molar-refractivity contribution in [2.24, 2.45) is 0 Å². The van der Waals surface area contributed by atoms with Crippen molar-refractivity contribution >= 4 is 23.1 Å².